The molecule has 3 rings (SSSR count). The number of hydrogen-bond donors (Lipinski definition) is 1. The fraction of sp³-hybridized carbons (Fsp3) is 0.136. The van der Waals surface area contributed by atoms with Gasteiger partial charge in [0.15, 0.2) is 0 Å². The Kier molecular flexibility index (Phi) is 6.88. The number of rotatable bonds is 8. The molecule has 0 fully saturated rings. The zero-order valence-electron chi connectivity index (χ0n) is 14.7. The molecule has 0 bridgehead atoms. The molecule has 138 valence electrons. The lowest BCUT2D eigenvalue weighted by Crippen LogP contribution is -2.22. The maximum Gasteiger partial charge on any atom is 0.251 e. The number of benzene rings is 3. The van der Waals surface area contributed by atoms with Crippen molar-refractivity contribution in [1.29, 1.82) is 0 Å². The molecule has 3 nitrogen and oxygen atoms in total. The number of ether oxygens (including phenoxy) is 1. The van der Waals surface area contributed by atoms with Crippen LogP contribution in [-0.4, -0.2) is 18.3 Å². The van der Waals surface area contributed by atoms with E-state index in [2.05, 4.69) is 17.4 Å². The second-order valence-electron chi connectivity index (χ2n) is 5.85. The monoisotopic (exact) mass is 381 g/mol. The molecule has 5 heteroatoms. The normalized spacial score (nSPS) is 10.4. The Hall–Kier alpha value is -2.79. The Balaban J connectivity index is 1.43. The Labute approximate surface area is 162 Å². The predicted molar refractivity (Wildman–Crippen MR) is 107 cm³/mol. The summed E-state index contributed by atoms with van der Waals surface area (Å²) < 4.78 is 18.9. The number of carbonyl (C=O) groups is 1. The van der Waals surface area contributed by atoms with E-state index in [-0.39, 0.29) is 18.3 Å². The first-order valence-electron chi connectivity index (χ1n) is 8.64. The number of nitrogens with one attached hydrogen (secondary N) is 1. The Morgan fingerprint density at radius 1 is 0.963 bits per heavy atom. The highest BCUT2D eigenvalue weighted by atomic mass is 32.2. The Bertz CT molecular complexity index is 869. The van der Waals surface area contributed by atoms with E-state index in [0.717, 1.165) is 17.1 Å². The first-order chi connectivity index (χ1) is 13.2. The van der Waals surface area contributed by atoms with Crippen LogP contribution in [0, 0.1) is 5.82 Å². The number of amides is 1. The summed E-state index contributed by atoms with van der Waals surface area (Å²) in [5.41, 5.74) is 1.26. The van der Waals surface area contributed by atoms with Crippen LogP contribution in [0.4, 0.5) is 4.39 Å². The molecule has 3 aromatic carbocycles. The van der Waals surface area contributed by atoms with Crippen molar-refractivity contribution < 1.29 is 13.9 Å². The van der Waals surface area contributed by atoms with Gasteiger partial charge < -0.3 is 10.1 Å². The summed E-state index contributed by atoms with van der Waals surface area (Å²) in [6.45, 7) is 0.871. The molecule has 0 radical (unpaired) electrons. The first-order valence-corrected chi connectivity index (χ1v) is 9.62. The van der Waals surface area contributed by atoms with Crippen LogP contribution in [0.3, 0.4) is 0 Å². The van der Waals surface area contributed by atoms with Gasteiger partial charge in [0.25, 0.3) is 5.91 Å². The van der Waals surface area contributed by atoms with Gasteiger partial charge >= 0.3 is 0 Å². The lowest BCUT2D eigenvalue weighted by Gasteiger charge is -2.08. The highest BCUT2D eigenvalue weighted by molar-refractivity contribution is 7.99. The van der Waals surface area contributed by atoms with Crippen molar-refractivity contribution in [3.05, 3.63) is 95.8 Å². The van der Waals surface area contributed by atoms with Crippen LogP contribution in [0.25, 0.3) is 0 Å². The smallest absolute Gasteiger partial charge is 0.251 e. The lowest BCUT2D eigenvalue weighted by atomic mass is 10.2. The number of hydrogen-bond acceptors (Lipinski definition) is 3. The van der Waals surface area contributed by atoms with E-state index < -0.39 is 0 Å². The predicted octanol–water partition coefficient (Wildman–Crippen LogP) is 4.93. The minimum absolute atomic E-state index is 0.203. The SMILES string of the molecule is O=C(NCc1cccc(F)c1)c1ccc(OCCSc2ccccc2)cc1. The van der Waals surface area contributed by atoms with Gasteiger partial charge in [-0.15, -0.1) is 11.8 Å². The van der Waals surface area contributed by atoms with Crippen molar-refractivity contribution in [2.24, 2.45) is 0 Å². The second-order valence-corrected chi connectivity index (χ2v) is 7.02. The average Bonchev–Trinajstić information content (AvgIpc) is 2.71. The molecule has 27 heavy (non-hydrogen) atoms. The largest absolute Gasteiger partial charge is 0.493 e. The fourth-order valence-electron chi connectivity index (χ4n) is 2.47. The average molecular weight is 381 g/mol. The highest BCUT2D eigenvalue weighted by Gasteiger charge is 2.06. The van der Waals surface area contributed by atoms with Gasteiger partial charge in [-0.25, -0.2) is 4.39 Å². The van der Waals surface area contributed by atoms with Crippen LogP contribution in [-0.2, 0) is 6.54 Å². The molecule has 0 atom stereocenters. The number of halogens is 1. The topological polar surface area (TPSA) is 38.3 Å². The van der Waals surface area contributed by atoms with Crippen LogP contribution in [0.2, 0.25) is 0 Å². The molecule has 0 aliphatic carbocycles. The van der Waals surface area contributed by atoms with E-state index in [9.17, 15) is 9.18 Å². The highest BCUT2D eigenvalue weighted by Crippen LogP contribution is 2.18. The Morgan fingerprint density at radius 2 is 1.74 bits per heavy atom. The van der Waals surface area contributed by atoms with E-state index in [1.807, 2.05) is 18.2 Å². The van der Waals surface area contributed by atoms with Gasteiger partial charge in [-0.3, -0.25) is 4.79 Å². The molecule has 1 N–H and O–H groups in total. The lowest BCUT2D eigenvalue weighted by molar-refractivity contribution is 0.0951. The summed E-state index contributed by atoms with van der Waals surface area (Å²) in [4.78, 5) is 13.4. The van der Waals surface area contributed by atoms with Crippen LogP contribution < -0.4 is 10.1 Å². The van der Waals surface area contributed by atoms with E-state index in [1.165, 1.54) is 17.0 Å². The third-order valence-corrected chi connectivity index (χ3v) is 4.80. The maximum absolute atomic E-state index is 13.2. The van der Waals surface area contributed by atoms with Gasteiger partial charge in [-0.05, 0) is 54.1 Å². The summed E-state index contributed by atoms with van der Waals surface area (Å²) in [5.74, 6) is 1.06. The number of thioether (sulfide) groups is 1. The second kappa shape index (κ2) is 9.78. The van der Waals surface area contributed by atoms with Crippen molar-refractivity contribution in [3.63, 3.8) is 0 Å². The first kappa shape index (κ1) is 19.0. The van der Waals surface area contributed by atoms with Crippen LogP contribution >= 0.6 is 11.8 Å². The summed E-state index contributed by atoms with van der Waals surface area (Å²) in [5, 5.41) is 2.78. The molecular weight excluding hydrogens is 361 g/mol. The summed E-state index contributed by atoms with van der Waals surface area (Å²) in [7, 11) is 0. The summed E-state index contributed by atoms with van der Waals surface area (Å²) in [6.07, 6.45) is 0. The quantitative estimate of drug-likeness (QED) is 0.444. The molecule has 0 aromatic heterocycles. The van der Waals surface area contributed by atoms with Crippen molar-refractivity contribution in [3.8, 4) is 5.75 Å². The summed E-state index contributed by atoms with van der Waals surface area (Å²) in [6, 6.07) is 23.4. The van der Waals surface area contributed by atoms with E-state index in [1.54, 1.807) is 48.2 Å². The molecule has 0 heterocycles. The molecule has 0 spiro atoms. The zero-order valence-corrected chi connectivity index (χ0v) is 15.5. The van der Waals surface area contributed by atoms with Crippen LogP contribution in [0.5, 0.6) is 5.75 Å². The third-order valence-electron chi connectivity index (χ3n) is 3.82. The molecule has 0 saturated heterocycles. The molecule has 3 aromatic rings. The van der Waals surface area contributed by atoms with Gasteiger partial charge in [-0.1, -0.05) is 30.3 Å². The Morgan fingerprint density at radius 3 is 2.48 bits per heavy atom. The molecule has 0 saturated carbocycles. The number of carbonyl (C=O) groups excluding carboxylic acids is 1. The van der Waals surface area contributed by atoms with Gasteiger partial charge in [0, 0.05) is 22.8 Å². The van der Waals surface area contributed by atoms with Gasteiger partial charge in [0.2, 0.25) is 0 Å². The zero-order chi connectivity index (χ0) is 18.9. The van der Waals surface area contributed by atoms with Crippen LogP contribution in [0.1, 0.15) is 15.9 Å². The van der Waals surface area contributed by atoms with Crippen molar-refractivity contribution in [2.45, 2.75) is 11.4 Å². The molecule has 0 unspecified atom stereocenters. The van der Waals surface area contributed by atoms with Gasteiger partial charge in [0.05, 0.1) is 6.61 Å². The minimum atomic E-state index is -0.311. The minimum Gasteiger partial charge on any atom is -0.493 e. The van der Waals surface area contributed by atoms with Crippen molar-refractivity contribution in [1.82, 2.24) is 5.32 Å². The van der Waals surface area contributed by atoms with Gasteiger partial charge in [0.1, 0.15) is 11.6 Å². The fourth-order valence-corrected chi connectivity index (χ4v) is 3.22. The van der Waals surface area contributed by atoms with E-state index >= 15 is 0 Å². The third kappa shape index (κ3) is 6.15. The van der Waals surface area contributed by atoms with E-state index in [0.29, 0.717) is 12.2 Å². The maximum atomic E-state index is 13.2. The standard InChI is InChI=1S/C22H20FNO2S/c23-19-6-4-5-17(15-19)16-24-22(25)18-9-11-20(12-10-18)26-13-14-27-21-7-2-1-3-8-21/h1-12,15H,13-14,16H2,(H,24,25). The van der Waals surface area contributed by atoms with Crippen LogP contribution in [0.15, 0.2) is 83.8 Å². The summed E-state index contributed by atoms with van der Waals surface area (Å²) >= 11 is 1.74. The molecule has 0 aliphatic heterocycles. The van der Waals surface area contributed by atoms with E-state index in [4.69, 9.17) is 4.74 Å². The molecule has 0 aliphatic rings. The molecular formula is C22H20FNO2S. The van der Waals surface area contributed by atoms with Crippen molar-refractivity contribution in [2.75, 3.05) is 12.4 Å². The molecule has 1 amide bonds. The van der Waals surface area contributed by atoms with Gasteiger partial charge in [-0.2, -0.15) is 0 Å². The van der Waals surface area contributed by atoms with Crippen molar-refractivity contribution >= 4 is 17.7 Å².